The smallest absolute Gasteiger partial charge is 0.142 e. The lowest BCUT2D eigenvalue weighted by molar-refractivity contribution is 0.415. The summed E-state index contributed by atoms with van der Waals surface area (Å²) < 4.78 is 5.44. The zero-order valence-electron chi connectivity index (χ0n) is 12.9. The van der Waals surface area contributed by atoms with Gasteiger partial charge in [0.15, 0.2) is 0 Å². The van der Waals surface area contributed by atoms with Crippen molar-refractivity contribution < 1.29 is 4.74 Å². The molecule has 1 aromatic heterocycles. The molecule has 0 saturated heterocycles. The lowest BCUT2D eigenvalue weighted by Crippen LogP contribution is -2.23. The van der Waals surface area contributed by atoms with Gasteiger partial charge in [-0.2, -0.15) is 0 Å². The van der Waals surface area contributed by atoms with Crippen molar-refractivity contribution in [2.45, 2.75) is 25.8 Å². The Morgan fingerprint density at radius 1 is 1.24 bits per heavy atom. The average Bonchev–Trinajstić information content (AvgIpc) is 2.54. The van der Waals surface area contributed by atoms with Gasteiger partial charge in [-0.15, -0.1) is 0 Å². The third-order valence-corrected chi connectivity index (χ3v) is 3.64. The lowest BCUT2D eigenvalue weighted by atomic mass is 10.0. The van der Waals surface area contributed by atoms with E-state index in [-0.39, 0.29) is 6.04 Å². The minimum Gasteiger partial charge on any atom is -0.495 e. The van der Waals surface area contributed by atoms with E-state index >= 15 is 0 Å². The number of para-hydroxylation sites is 2. The molecule has 0 spiro atoms. The zero-order valence-corrected chi connectivity index (χ0v) is 12.9. The van der Waals surface area contributed by atoms with Gasteiger partial charge in [-0.05, 0) is 36.6 Å². The van der Waals surface area contributed by atoms with Crippen LogP contribution in [0, 0.1) is 0 Å². The summed E-state index contributed by atoms with van der Waals surface area (Å²) in [5.74, 6) is 1.75. The summed E-state index contributed by atoms with van der Waals surface area (Å²) in [6.07, 6.45) is 3.58. The molecule has 2 aromatic rings. The van der Waals surface area contributed by atoms with Crippen molar-refractivity contribution >= 4 is 11.5 Å². The van der Waals surface area contributed by atoms with E-state index in [4.69, 9.17) is 10.5 Å². The van der Waals surface area contributed by atoms with Crippen LogP contribution in [0.2, 0.25) is 0 Å². The molecule has 0 amide bonds. The van der Waals surface area contributed by atoms with Gasteiger partial charge in [-0.25, -0.2) is 4.98 Å². The Morgan fingerprint density at radius 3 is 2.71 bits per heavy atom. The molecule has 0 saturated carbocycles. The van der Waals surface area contributed by atoms with Crippen molar-refractivity contribution in [1.82, 2.24) is 4.98 Å². The van der Waals surface area contributed by atoms with Gasteiger partial charge in [0.05, 0.1) is 12.8 Å². The van der Waals surface area contributed by atoms with Gasteiger partial charge in [0.2, 0.25) is 0 Å². The number of benzene rings is 1. The number of hydrogen-bond donors (Lipinski definition) is 1. The molecule has 1 aromatic carbocycles. The summed E-state index contributed by atoms with van der Waals surface area (Å²) >= 11 is 0. The van der Waals surface area contributed by atoms with E-state index in [0.717, 1.165) is 35.7 Å². The molecule has 2 rings (SSSR count). The van der Waals surface area contributed by atoms with E-state index in [0.29, 0.717) is 0 Å². The molecule has 1 unspecified atom stereocenters. The number of nitrogens with zero attached hydrogens (tertiary/aromatic N) is 2. The number of ether oxygens (including phenoxy) is 1. The molecular weight excluding hydrogens is 262 g/mol. The van der Waals surface area contributed by atoms with E-state index in [1.54, 1.807) is 7.11 Å². The highest BCUT2D eigenvalue weighted by Gasteiger charge is 2.15. The fraction of sp³-hybridized carbons (Fsp3) is 0.353. The van der Waals surface area contributed by atoms with Crippen LogP contribution in [0.25, 0.3) is 0 Å². The minimum atomic E-state index is 0.152. The van der Waals surface area contributed by atoms with E-state index in [1.807, 2.05) is 43.6 Å². The summed E-state index contributed by atoms with van der Waals surface area (Å²) in [5, 5.41) is 0. The van der Waals surface area contributed by atoms with Crippen LogP contribution in [0.4, 0.5) is 11.5 Å². The predicted octanol–water partition coefficient (Wildman–Crippen LogP) is 3.14. The first-order valence-electron chi connectivity index (χ1n) is 7.23. The van der Waals surface area contributed by atoms with Crippen LogP contribution in [0.1, 0.15) is 18.9 Å². The number of anilines is 2. The number of hydrogen-bond acceptors (Lipinski definition) is 4. The molecule has 1 atom stereocenters. The second-order valence-electron chi connectivity index (χ2n) is 5.09. The van der Waals surface area contributed by atoms with Crippen LogP contribution in [0.3, 0.4) is 0 Å². The standard InChI is InChI=1S/C17H23N3O/c1-4-14(18)12-13-8-7-11-19-17(13)20(2)15-9-5-6-10-16(15)21-3/h5-11,14H,4,12,18H2,1-3H3. The molecule has 0 aliphatic rings. The monoisotopic (exact) mass is 285 g/mol. The van der Waals surface area contributed by atoms with Crippen LogP contribution in [0.5, 0.6) is 5.75 Å². The lowest BCUT2D eigenvalue weighted by Gasteiger charge is -2.24. The summed E-state index contributed by atoms with van der Waals surface area (Å²) in [6, 6.07) is 12.1. The molecule has 0 bridgehead atoms. The van der Waals surface area contributed by atoms with Crippen LogP contribution in [-0.2, 0) is 6.42 Å². The molecule has 112 valence electrons. The fourth-order valence-corrected chi connectivity index (χ4v) is 2.34. The van der Waals surface area contributed by atoms with Crippen molar-refractivity contribution in [3.05, 3.63) is 48.2 Å². The maximum Gasteiger partial charge on any atom is 0.142 e. The van der Waals surface area contributed by atoms with Crippen molar-refractivity contribution in [3.8, 4) is 5.75 Å². The molecular formula is C17H23N3O. The Morgan fingerprint density at radius 2 is 2.00 bits per heavy atom. The highest BCUT2D eigenvalue weighted by atomic mass is 16.5. The zero-order chi connectivity index (χ0) is 15.2. The van der Waals surface area contributed by atoms with Gasteiger partial charge in [0.25, 0.3) is 0 Å². The molecule has 2 N–H and O–H groups in total. The Hall–Kier alpha value is -2.07. The van der Waals surface area contributed by atoms with Gasteiger partial charge in [0, 0.05) is 19.3 Å². The number of methoxy groups -OCH3 is 1. The van der Waals surface area contributed by atoms with E-state index in [9.17, 15) is 0 Å². The second kappa shape index (κ2) is 7.09. The first-order valence-corrected chi connectivity index (χ1v) is 7.23. The Bertz CT molecular complexity index is 586. The molecule has 4 nitrogen and oxygen atoms in total. The Labute approximate surface area is 126 Å². The van der Waals surface area contributed by atoms with E-state index < -0.39 is 0 Å². The molecule has 21 heavy (non-hydrogen) atoms. The second-order valence-corrected chi connectivity index (χ2v) is 5.09. The molecule has 0 fully saturated rings. The van der Waals surface area contributed by atoms with Crippen molar-refractivity contribution in [3.63, 3.8) is 0 Å². The van der Waals surface area contributed by atoms with Crippen molar-refractivity contribution in [2.24, 2.45) is 5.73 Å². The fourth-order valence-electron chi connectivity index (χ4n) is 2.34. The van der Waals surface area contributed by atoms with Gasteiger partial charge < -0.3 is 15.4 Å². The molecule has 0 radical (unpaired) electrons. The highest BCUT2D eigenvalue weighted by Crippen LogP contribution is 2.32. The summed E-state index contributed by atoms with van der Waals surface area (Å²) in [5.41, 5.74) is 8.24. The van der Waals surface area contributed by atoms with Gasteiger partial charge in [-0.3, -0.25) is 0 Å². The van der Waals surface area contributed by atoms with E-state index in [1.165, 1.54) is 0 Å². The maximum atomic E-state index is 6.10. The van der Waals surface area contributed by atoms with Crippen LogP contribution < -0.4 is 15.4 Å². The van der Waals surface area contributed by atoms with Gasteiger partial charge >= 0.3 is 0 Å². The summed E-state index contributed by atoms with van der Waals surface area (Å²) in [4.78, 5) is 6.58. The van der Waals surface area contributed by atoms with Crippen molar-refractivity contribution in [1.29, 1.82) is 0 Å². The summed E-state index contributed by atoms with van der Waals surface area (Å²) in [6.45, 7) is 2.10. The maximum absolute atomic E-state index is 6.10. The third-order valence-electron chi connectivity index (χ3n) is 3.64. The van der Waals surface area contributed by atoms with Crippen LogP contribution >= 0.6 is 0 Å². The largest absolute Gasteiger partial charge is 0.495 e. The molecule has 4 heteroatoms. The SMILES string of the molecule is CCC(N)Cc1cccnc1N(C)c1ccccc1OC. The predicted molar refractivity (Wildman–Crippen MR) is 87.3 cm³/mol. The van der Waals surface area contributed by atoms with Crippen LogP contribution in [0.15, 0.2) is 42.6 Å². The first-order chi connectivity index (χ1) is 10.2. The Balaban J connectivity index is 2.37. The van der Waals surface area contributed by atoms with Crippen LogP contribution in [-0.4, -0.2) is 25.2 Å². The number of aromatic nitrogens is 1. The minimum absolute atomic E-state index is 0.152. The van der Waals surface area contributed by atoms with Crippen molar-refractivity contribution in [2.75, 3.05) is 19.1 Å². The van der Waals surface area contributed by atoms with E-state index in [2.05, 4.69) is 22.9 Å². The summed E-state index contributed by atoms with van der Waals surface area (Å²) in [7, 11) is 3.68. The third kappa shape index (κ3) is 3.52. The first kappa shape index (κ1) is 15.3. The number of rotatable bonds is 6. The normalized spacial score (nSPS) is 12.0. The van der Waals surface area contributed by atoms with Gasteiger partial charge in [0.1, 0.15) is 11.6 Å². The molecule has 1 heterocycles. The number of nitrogens with two attached hydrogens (primary N) is 1. The Kier molecular flexibility index (Phi) is 5.17. The quantitative estimate of drug-likeness (QED) is 0.886. The average molecular weight is 285 g/mol. The van der Waals surface area contributed by atoms with Gasteiger partial charge in [-0.1, -0.05) is 25.1 Å². The topological polar surface area (TPSA) is 51.4 Å². The number of pyridine rings is 1. The highest BCUT2D eigenvalue weighted by molar-refractivity contribution is 5.68. The molecule has 0 aliphatic carbocycles. The molecule has 0 aliphatic heterocycles.